The van der Waals surface area contributed by atoms with Crippen molar-refractivity contribution in [2.45, 2.75) is 24.0 Å². The van der Waals surface area contributed by atoms with E-state index in [1.165, 1.54) is 0 Å². The molecule has 0 bridgehead atoms. The number of thioether (sulfide) groups is 1. The number of aromatic nitrogens is 1. The molecule has 154 valence electrons. The number of halogens is 2. The second kappa shape index (κ2) is 8.96. The van der Waals surface area contributed by atoms with Crippen molar-refractivity contribution in [3.63, 3.8) is 0 Å². The molecule has 1 N–H and O–H groups in total. The van der Waals surface area contributed by atoms with Crippen molar-refractivity contribution in [1.29, 1.82) is 0 Å². The van der Waals surface area contributed by atoms with E-state index < -0.39 is 0 Å². The van der Waals surface area contributed by atoms with Crippen molar-refractivity contribution in [3.8, 4) is 0 Å². The first kappa shape index (κ1) is 21.2. The first-order valence-corrected chi connectivity index (χ1v) is 11.4. The number of pyridine rings is 1. The summed E-state index contributed by atoms with van der Waals surface area (Å²) in [5.74, 6) is 0.302. The topological polar surface area (TPSA) is 54.4 Å². The summed E-state index contributed by atoms with van der Waals surface area (Å²) in [7, 11) is 0. The van der Waals surface area contributed by atoms with E-state index >= 15 is 0 Å². The molecule has 2 aromatic rings. The van der Waals surface area contributed by atoms with Crippen LogP contribution in [-0.4, -0.2) is 28.4 Å². The third-order valence-corrected chi connectivity index (χ3v) is 6.62. The zero-order valence-corrected chi connectivity index (χ0v) is 18.9. The third kappa shape index (κ3) is 4.64. The largest absolute Gasteiger partial charge is 0.352 e. The molecule has 0 saturated heterocycles. The Balaban J connectivity index is 1.77. The van der Waals surface area contributed by atoms with E-state index in [9.17, 15) is 4.79 Å². The fourth-order valence-electron chi connectivity index (χ4n) is 3.33. The van der Waals surface area contributed by atoms with E-state index in [2.05, 4.69) is 30.2 Å². The molecule has 2 heterocycles. The van der Waals surface area contributed by atoms with Gasteiger partial charge in [-0.05, 0) is 42.3 Å². The predicted molar refractivity (Wildman–Crippen MR) is 125 cm³/mol. The monoisotopic (exact) mass is 457 g/mol. The first-order valence-electron chi connectivity index (χ1n) is 9.75. The molecule has 0 radical (unpaired) electrons. The molecule has 4 rings (SSSR count). The smallest absolute Gasteiger partial charge is 0.251 e. The Morgan fingerprint density at radius 1 is 1.23 bits per heavy atom. The van der Waals surface area contributed by atoms with Crippen molar-refractivity contribution >= 4 is 52.3 Å². The summed E-state index contributed by atoms with van der Waals surface area (Å²) in [6, 6.07) is 9.34. The van der Waals surface area contributed by atoms with Gasteiger partial charge < -0.3 is 5.32 Å². The van der Waals surface area contributed by atoms with Gasteiger partial charge in [0, 0.05) is 39.4 Å². The zero-order valence-electron chi connectivity index (χ0n) is 16.6. The summed E-state index contributed by atoms with van der Waals surface area (Å²) in [6.07, 6.45) is 7.63. The van der Waals surface area contributed by atoms with Crippen molar-refractivity contribution in [3.05, 3.63) is 76.1 Å². The van der Waals surface area contributed by atoms with Crippen molar-refractivity contribution in [2.75, 3.05) is 6.54 Å². The Bertz CT molecular complexity index is 1060. The molecule has 4 nitrogen and oxygen atoms in total. The minimum Gasteiger partial charge on any atom is -0.352 e. The highest BCUT2D eigenvalue weighted by atomic mass is 35.5. The number of nitrogens with one attached hydrogen (secondary N) is 1. The molecule has 2 atom stereocenters. The fraction of sp³-hybridized carbons (Fsp3) is 0.261. The molecular formula is C23H21Cl2N3OS. The van der Waals surface area contributed by atoms with Gasteiger partial charge in [0.2, 0.25) is 0 Å². The number of rotatable bonds is 4. The molecule has 0 spiro atoms. The normalized spacial score (nSPS) is 20.0. The maximum Gasteiger partial charge on any atom is 0.251 e. The van der Waals surface area contributed by atoms with Crippen LogP contribution in [0, 0.1) is 11.8 Å². The zero-order chi connectivity index (χ0) is 21.3. The van der Waals surface area contributed by atoms with Gasteiger partial charge in [-0.2, -0.15) is 0 Å². The second-order valence-corrected chi connectivity index (χ2v) is 9.76. The summed E-state index contributed by atoms with van der Waals surface area (Å²) in [5, 5.41) is 4.33. The predicted octanol–water partition coefficient (Wildman–Crippen LogP) is 6.02. The molecule has 0 fully saturated rings. The number of nitrogens with zero attached hydrogens (tertiary/aromatic N) is 2. The van der Waals surface area contributed by atoms with Gasteiger partial charge >= 0.3 is 0 Å². The van der Waals surface area contributed by atoms with Crippen LogP contribution in [0.5, 0.6) is 0 Å². The molecule has 2 unspecified atom stereocenters. The lowest BCUT2D eigenvalue weighted by Crippen LogP contribution is -2.27. The summed E-state index contributed by atoms with van der Waals surface area (Å²) in [4.78, 5) is 23.0. The highest BCUT2D eigenvalue weighted by Crippen LogP contribution is 2.43. The van der Waals surface area contributed by atoms with Crippen LogP contribution in [0.15, 0.2) is 69.7 Å². The molecule has 1 aliphatic heterocycles. The van der Waals surface area contributed by atoms with Gasteiger partial charge in [0.15, 0.2) is 0 Å². The average molecular weight is 458 g/mol. The number of fused-ring (bicyclic) bond motifs is 2. The van der Waals surface area contributed by atoms with Gasteiger partial charge in [0.25, 0.3) is 5.91 Å². The number of allylic oxidation sites excluding steroid dienone is 3. The first-order chi connectivity index (χ1) is 14.4. The number of carbonyl (C=O) groups excluding carboxylic acids is 1. The number of benzene rings is 1. The van der Waals surface area contributed by atoms with E-state index in [1.54, 1.807) is 18.0 Å². The molecule has 30 heavy (non-hydrogen) atoms. The minimum absolute atomic E-state index is 0.0109. The summed E-state index contributed by atoms with van der Waals surface area (Å²) in [5.41, 5.74) is 2.94. The number of amides is 1. The van der Waals surface area contributed by atoms with E-state index in [0.29, 0.717) is 28.1 Å². The summed E-state index contributed by atoms with van der Waals surface area (Å²) < 4.78 is 0. The van der Waals surface area contributed by atoms with Crippen LogP contribution in [0.1, 0.15) is 29.9 Å². The third-order valence-electron chi connectivity index (χ3n) is 4.84. The van der Waals surface area contributed by atoms with Gasteiger partial charge in [0.05, 0.1) is 22.1 Å². The Labute approximate surface area is 190 Å². The minimum atomic E-state index is -0.0950. The molecule has 1 amide bonds. The highest BCUT2D eigenvalue weighted by Gasteiger charge is 2.31. The van der Waals surface area contributed by atoms with Crippen LogP contribution in [0.4, 0.5) is 5.69 Å². The van der Waals surface area contributed by atoms with Crippen LogP contribution < -0.4 is 5.32 Å². The van der Waals surface area contributed by atoms with E-state index in [1.807, 2.05) is 42.5 Å². The Morgan fingerprint density at radius 2 is 2.07 bits per heavy atom. The van der Waals surface area contributed by atoms with Gasteiger partial charge in [-0.1, -0.05) is 49.2 Å². The van der Waals surface area contributed by atoms with Gasteiger partial charge in [0.1, 0.15) is 0 Å². The lowest BCUT2D eigenvalue weighted by atomic mass is 9.92. The molecule has 1 aromatic heterocycles. The van der Waals surface area contributed by atoms with E-state index in [4.69, 9.17) is 28.2 Å². The lowest BCUT2D eigenvalue weighted by Gasteiger charge is -2.23. The van der Waals surface area contributed by atoms with Gasteiger partial charge in [-0.15, -0.1) is 11.8 Å². The summed E-state index contributed by atoms with van der Waals surface area (Å²) in [6.45, 7) is 4.77. The van der Waals surface area contributed by atoms with Gasteiger partial charge in [-0.25, -0.2) is 4.99 Å². The highest BCUT2D eigenvalue weighted by molar-refractivity contribution is 8.00. The molecule has 7 heteroatoms. The van der Waals surface area contributed by atoms with Crippen LogP contribution in [-0.2, 0) is 0 Å². The molecule has 0 saturated carbocycles. The number of aliphatic imine (C=N–C) groups is 1. The average Bonchev–Trinajstić information content (AvgIpc) is 2.88. The molecule has 1 aromatic carbocycles. The van der Waals surface area contributed by atoms with Crippen molar-refractivity contribution < 1.29 is 4.79 Å². The van der Waals surface area contributed by atoms with E-state index in [0.717, 1.165) is 22.0 Å². The Morgan fingerprint density at radius 3 is 2.80 bits per heavy atom. The molecule has 1 aliphatic carbocycles. The maximum atomic E-state index is 12.6. The Kier molecular flexibility index (Phi) is 6.32. The standard InChI is InChI=1S/C23H21Cl2N3OS/c1-13(2)11-27-23(29)14-3-8-20-19(9-14)28-22(18-7-5-16(25)12-26-18)17-6-4-15(24)10-21(17)30-20/h3-10,12-13,17,21H,11H2,1-2H3,(H,27,29). The second-order valence-electron chi connectivity index (χ2n) is 7.66. The number of hydrogen-bond acceptors (Lipinski definition) is 4. The van der Waals surface area contributed by atoms with Crippen LogP contribution in [0.2, 0.25) is 5.02 Å². The van der Waals surface area contributed by atoms with E-state index in [-0.39, 0.29) is 17.1 Å². The van der Waals surface area contributed by atoms with Crippen LogP contribution in [0.3, 0.4) is 0 Å². The van der Waals surface area contributed by atoms with Gasteiger partial charge in [-0.3, -0.25) is 9.78 Å². The van der Waals surface area contributed by atoms with Crippen LogP contribution in [0.25, 0.3) is 0 Å². The van der Waals surface area contributed by atoms with Crippen molar-refractivity contribution in [1.82, 2.24) is 10.3 Å². The fourth-order valence-corrected chi connectivity index (χ4v) is 4.97. The molecule has 2 aliphatic rings. The molecular weight excluding hydrogens is 437 g/mol. The quantitative estimate of drug-likeness (QED) is 0.609. The number of hydrogen-bond donors (Lipinski definition) is 1. The lowest BCUT2D eigenvalue weighted by molar-refractivity contribution is 0.0949. The van der Waals surface area contributed by atoms with Crippen LogP contribution >= 0.6 is 35.0 Å². The van der Waals surface area contributed by atoms with Crippen molar-refractivity contribution in [2.24, 2.45) is 16.8 Å². The SMILES string of the molecule is CC(C)CNC(=O)c1ccc2c(c1)N=C(c1ccc(Cl)cn1)C1C=CC(Cl)=CC1S2. The number of carbonyl (C=O) groups is 1. The maximum absolute atomic E-state index is 12.6. The Hall–Kier alpha value is -2.08. The summed E-state index contributed by atoms with van der Waals surface area (Å²) >= 11 is 14.0.